The van der Waals surface area contributed by atoms with Crippen LogP contribution in [-0.4, -0.2) is 10.1 Å². The van der Waals surface area contributed by atoms with Crippen LogP contribution < -0.4 is 10.6 Å². The number of nitrogen functional groups attached to an aromatic ring is 1. The maximum Gasteiger partial charge on any atom is 0.288 e. The number of hydrogen-bond acceptors (Lipinski definition) is 4. The van der Waals surface area contributed by atoms with Crippen LogP contribution in [-0.2, 0) is 6.42 Å². The predicted molar refractivity (Wildman–Crippen MR) is 52.3 cm³/mol. The van der Waals surface area contributed by atoms with E-state index in [4.69, 9.17) is 5.73 Å². The lowest BCUT2D eigenvalue weighted by Crippen LogP contribution is -2.33. The van der Waals surface area contributed by atoms with Crippen LogP contribution in [0.25, 0.3) is 11.0 Å². The molecule has 0 spiro atoms. The zero-order chi connectivity index (χ0) is 10.1. The van der Waals surface area contributed by atoms with E-state index in [-0.39, 0.29) is 5.95 Å². The first kappa shape index (κ1) is 8.68. The van der Waals surface area contributed by atoms with Gasteiger partial charge in [-0.2, -0.15) is 0 Å². The fraction of sp³-hybridized carbons (Fsp3) is 0.222. The van der Waals surface area contributed by atoms with E-state index in [1.807, 2.05) is 13.0 Å². The van der Waals surface area contributed by atoms with E-state index in [1.165, 1.54) is 0 Å². The normalized spacial score (nSPS) is 10.6. The van der Waals surface area contributed by atoms with Crippen LogP contribution in [0.3, 0.4) is 0 Å². The number of aryl methyl sites for hydroxylation is 1. The quantitative estimate of drug-likeness (QED) is 0.521. The lowest BCUT2D eigenvalue weighted by molar-refractivity contribution is -0.641. The van der Waals surface area contributed by atoms with E-state index in [0.717, 1.165) is 12.0 Å². The molecule has 0 aliphatic heterocycles. The number of aromatic nitrogens is 3. The van der Waals surface area contributed by atoms with Gasteiger partial charge in [0, 0.05) is 6.07 Å². The summed E-state index contributed by atoms with van der Waals surface area (Å²) in [6, 6.07) is 5.48. The maximum atomic E-state index is 11.4. The maximum absolute atomic E-state index is 11.4. The highest BCUT2D eigenvalue weighted by Gasteiger charge is 2.08. The minimum atomic E-state index is -0.00301. The van der Waals surface area contributed by atoms with Gasteiger partial charge in [-0.15, -0.1) is 0 Å². The summed E-state index contributed by atoms with van der Waals surface area (Å²) in [5.41, 5.74) is 7.46. The third-order valence-corrected chi connectivity index (χ3v) is 2.08. The summed E-state index contributed by atoms with van der Waals surface area (Å²) < 4.78 is 0. The molecule has 72 valence electrons. The van der Waals surface area contributed by atoms with Crippen LogP contribution in [0.2, 0.25) is 0 Å². The predicted octanol–water partition coefficient (Wildman–Crippen LogP) is 0.408. The SMILES string of the molecule is CCc1ccc2nc(N)n[n+]([O-])c2c1. The Labute approximate surface area is 80.8 Å². The summed E-state index contributed by atoms with van der Waals surface area (Å²) in [7, 11) is 0. The fourth-order valence-corrected chi connectivity index (χ4v) is 1.33. The van der Waals surface area contributed by atoms with Crippen molar-refractivity contribution in [1.82, 2.24) is 10.1 Å². The van der Waals surface area contributed by atoms with Gasteiger partial charge in [0.05, 0.1) is 5.10 Å². The molecule has 0 saturated heterocycles. The average Bonchev–Trinajstić information content (AvgIpc) is 2.17. The van der Waals surface area contributed by atoms with Gasteiger partial charge in [-0.3, -0.25) is 0 Å². The zero-order valence-electron chi connectivity index (χ0n) is 7.77. The second-order valence-corrected chi connectivity index (χ2v) is 3.02. The van der Waals surface area contributed by atoms with E-state index in [9.17, 15) is 5.21 Å². The van der Waals surface area contributed by atoms with Crippen molar-refractivity contribution in [3.63, 3.8) is 0 Å². The minimum absolute atomic E-state index is 0.00301. The molecule has 0 saturated carbocycles. The molecular formula is C9H10N4O. The van der Waals surface area contributed by atoms with Crippen LogP contribution in [0, 0.1) is 5.21 Å². The summed E-state index contributed by atoms with van der Waals surface area (Å²) in [6.45, 7) is 2.02. The van der Waals surface area contributed by atoms with Crippen molar-refractivity contribution in [3.05, 3.63) is 29.0 Å². The van der Waals surface area contributed by atoms with E-state index in [1.54, 1.807) is 12.1 Å². The second-order valence-electron chi connectivity index (χ2n) is 3.02. The molecule has 2 N–H and O–H groups in total. The van der Waals surface area contributed by atoms with Gasteiger partial charge in [-0.25, -0.2) is 4.98 Å². The monoisotopic (exact) mass is 190 g/mol. The molecule has 2 rings (SSSR count). The summed E-state index contributed by atoms with van der Waals surface area (Å²) in [6.07, 6.45) is 0.875. The third kappa shape index (κ3) is 1.32. The van der Waals surface area contributed by atoms with Gasteiger partial charge >= 0.3 is 0 Å². The number of anilines is 1. The van der Waals surface area contributed by atoms with E-state index >= 15 is 0 Å². The Balaban J connectivity index is 2.75. The van der Waals surface area contributed by atoms with E-state index < -0.39 is 0 Å². The molecule has 0 aliphatic rings. The Morgan fingerprint density at radius 2 is 2.29 bits per heavy atom. The Hall–Kier alpha value is -1.91. The van der Waals surface area contributed by atoms with Crippen molar-refractivity contribution in [2.45, 2.75) is 13.3 Å². The first-order valence-corrected chi connectivity index (χ1v) is 4.36. The van der Waals surface area contributed by atoms with Crippen LogP contribution in [0.1, 0.15) is 12.5 Å². The van der Waals surface area contributed by atoms with Crippen molar-refractivity contribution in [2.75, 3.05) is 5.73 Å². The molecule has 0 aliphatic carbocycles. The molecule has 0 unspecified atom stereocenters. The highest BCUT2D eigenvalue weighted by atomic mass is 16.5. The van der Waals surface area contributed by atoms with Gasteiger partial charge in [0.25, 0.3) is 11.5 Å². The summed E-state index contributed by atoms with van der Waals surface area (Å²) >= 11 is 0. The van der Waals surface area contributed by atoms with Crippen molar-refractivity contribution < 1.29 is 4.85 Å². The van der Waals surface area contributed by atoms with Gasteiger partial charge in [0.1, 0.15) is 5.52 Å². The molecule has 0 bridgehead atoms. The third-order valence-electron chi connectivity index (χ3n) is 2.08. The second kappa shape index (κ2) is 3.10. The van der Waals surface area contributed by atoms with Crippen molar-refractivity contribution in [1.29, 1.82) is 0 Å². The van der Waals surface area contributed by atoms with Gasteiger partial charge < -0.3 is 10.9 Å². The molecular weight excluding hydrogens is 180 g/mol. The Kier molecular flexibility index (Phi) is 1.92. The van der Waals surface area contributed by atoms with Gasteiger partial charge in [-0.05, 0) is 22.9 Å². The van der Waals surface area contributed by atoms with Crippen LogP contribution in [0.4, 0.5) is 5.95 Å². The highest BCUT2D eigenvalue weighted by Crippen LogP contribution is 2.10. The lowest BCUT2D eigenvalue weighted by atomic mass is 10.1. The number of hydrogen-bond donors (Lipinski definition) is 1. The summed E-state index contributed by atoms with van der Waals surface area (Å²) in [4.78, 5) is 4.47. The zero-order valence-corrected chi connectivity index (χ0v) is 7.77. The van der Waals surface area contributed by atoms with Crippen LogP contribution in [0.15, 0.2) is 18.2 Å². The molecule has 0 fully saturated rings. The topological polar surface area (TPSA) is 78.7 Å². The molecule has 1 aromatic heterocycles. The van der Waals surface area contributed by atoms with E-state index in [0.29, 0.717) is 15.9 Å². The van der Waals surface area contributed by atoms with Crippen molar-refractivity contribution >= 4 is 17.0 Å². The first-order valence-electron chi connectivity index (χ1n) is 4.36. The van der Waals surface area contributed by atoms with Gasteiger partial charge in [-0.1, -0.05) is 13.0 Å². The average molecular weight is 190 g/mol. The summed E-state index contributed by atoms with van der Waals surface area (Å²) in [5.74, 6) is -0.00301. The first-order chi connectivity index (χ1) is 6.70. The smallest absolute Gasteiger partial charge is 0.288 e. The molecule has 0 atom stereocenters. The Bertz CT molecular complexity index is 483. The largest absolute Gasteiger partial charge is 0.594 e. The lowest BCUT2D eigenvalue weighted by Gasteiger charge is -2.00. The Morgan fingerprint density at radius 3 is 3.00 bits per heavy atom. The van der Waals surface area contributed by atoms with E-state index in [2.05, 4.69) is 10.1 Å². The molecule has 1 heterocycles. The van der Waals surface area contributed by atoms with Crippen molar-refractivity contribution in [2.24, 2.45) is 0 Å². The summed E-state index contributed by atoms with van der Waals surface area (Å²) in [5, 5.41) is 14.9. The molecule has 0 radical (unpaired) electrons. The van der Waals surface area contributed by atoms with Crippen LogP contribution >= 0.6 is 0 Å². The number of nitrogens with two attached hydrogens (primary N) is 1. The van der Waals surface area contributed by atoms with Gasteiger partial charge in [0.2, 0.25) is 0 Å². The molecule has 14 heavy (non-hydrogen) atoms. The number of rotatable bonds is 1. The number of nitrogens with zero attached hydrogens (tertiary/aromatic N) is 3. The highest BCUT2D eigenvalue weighted by molar-refractivity contribution is 5.72. The molecule has 5 heteroatoms. The fourth-order valence-electron chi connectivity index (χ4n) is 1.33. The molecule has 5 nitrogen and oxygen atoms in total. The molecule has 1 aromatic carbocycles. The van der Waals surface area contributed by atoms with Crippen LogP contribution in [0.5, 0.6) is 0 Å². The van der Waals surface area contributed by atoms with Gasteiger partial charge in [0.15, 0.2) is 0 Å². The standard InChI is InChI=1S/C9H10N4O/c1-2-6-3-4-7-8(5-6)13(14)12-9(10)11-7/h3-5H,2H2,1H3,(H2,10,11,12). The molecule has 2 aromatic rings. The number of fused-ring (bicyclic) bond motifs is 1. The number of benzene rings is 1. The molecule has 0 amide bonds. The minimum Gasteiger partial charge on any atom is -0.594 e. The van der Waals surface area contributed by atoms with Crippen molar-refractivity contribution in [3.8, 4) is 0 Å². The Morgan fingerprint density at radius 1 is 1.50 bits per heavy atom.